The van der Waals surface area contributed by atoms with E-state index in [0.29, 0.717) is 0 Å². The number of hydrogen-bond donors (Lipinski definition) is 0. The number of benzene rings is 4. The minimum absolute atomic E-state index is 0. The monoisotopic (exact) mass is 818 g/mol. The van der Waals surface area contributed by atoms with E-state index in [9.17, 15) is 0 Å². The number of quaternary nitrogens is 1. The molecule has 0 aliphatic carbocycles. The van der Waals surface area contributed by atoms with Crippen molar-refractivity contribution in [1.82, 2.24) is 9.80 Å². The topological polar surface area (TPSA) is 6.48 Å². The minimum atomic E-state index is -2.00. The molecule has 4 aliphatic heterocycles. The van der Waals surface area contributed by atoms with Gasteiger partial charge < -0.3 is 17.0 Å². The molecule has 2 unspecified atom stereocenters. The van der Waals surface area contributed by atoms with Crippen LogP contribution in [-0.2, 0) is 40.7 Å². The number of rotatable bonds is 5. The van der Waals surface area contributed by atoms with Crippen molar-refractivity contribution < 1.29 is 43.8 Å². The van der Waals surface area contributed by atoms with Gasteiger partial charge in [-0.15, -0.1) is 5.30 Å². The molecule has 4 bridgehead atoms. The Bertz CT molecular complexity index is 1230. The summed E-state index contributed by atoms with van der Waals surface area (Å²) in [6.07, 6.45) is 4.37. The Morgan fingerprint density at radius 2 is 1.26 bits per heavy atom. The molecule has 39 heavy (non-hydrogen) atoms. The van der Waals surface area contributed by atoms with Gasteiger partial charge in [0.25, 0.3) is 0 Å². The van der Waals surface area contributed by atoms with Crippen LogP contribution < -0.4 is 32.9 Å². The first-order valence-corrected chi connectivity index (χ1v) is 17.9. The van der Waals surface area contributed by atoms with E-state index in [4.69, 9.17) is 11.8 Å². The van der Waals surface area contributed by atoms with Gasteiger partial charge in [0.2, 0.25) is 0 Å². The summed E-state index contributed by atoms with van der Waals surface area (Å²) in [4.78, 5) is 5.38. The zero-order chi connectivity index (χ0) is 25.1. The van der Waals surface area contributed by atoms with Gasteiger partial charge in [0, 0.05) is 11.6 Å². The third-order valence-corrected chi connectivity index (χ3v) is 15.3. The van der Waals surface area contributed by atoms with Crippen LogP contribution in [0, 0.1) is 6.07 Å². The fourth-order valence-electron chi connectivity index (χ4n) is 6.23. The number of hydrogen-bond acceptors (Lipinski definition) is 3. The summed E-state index contributed by atoms with van der Waals surface area (Å²) >= 11 is 6.18. The smallest absolute Gasteiger partial charge is 1.00 e. The second-order valence-electron chi connectivity index (χ2n) is 10.5. The Balaban J connectivity index is 0.000000174. The molecule has 8 rings (SSSR count). The van der Waals surface area contributed by atoms with Crippen molar-refractivity contribution in [3.8, 4) is 0 Å². The Labute approximate surface area is 265 Å². The maximum atomic E-state index is 6.18. The SMILES string of the molecule is S=P(c1[c-]cccc1)(c1ccccc1)c1ccccc1.[Au+].[Br-].c1ccc(C[N+]23CN4CN(C[PH+](C4)C2)C3)cc1. The van der Waals surface area contributed by atoms with E-state index in [2.05, 4.69) is 101 Å². The van der Waals surface area contributed by atoms with Gasteiger partial charge in [-0.3, -0.25) is 4.48 Å². The van der Waals surface area contributed by atoms with E-state index >= 15 is 0 Å². The summed E-state index contributed by atoms with van der Waals surface area (Å²) in [5.41, 5.74) is 1.51. The van der Waals surface area contributed by atoms with Gasteiger partial charge in [0.15, 0.2) is 6.29 Å². The molecule has 0 aromatic heterocycles. The normalized spacial score (nSPS) is 24.5. The van der Waals surface area contributed by atoms with Gasteiger partial charge in [0.05, 0.1) is 14.6 Å². The molecule has 4 heterocycles. The first kappa shape index (κ1) is 31.0. The first-order valence-electron chi connectivity index (χ1n) is 13.0. The standard InChI is InChI=1S/C18H14PS.C13H19N3P.Au.BrH/c20-19(16-10-4-1-5-11-16,17-12-6-2-7-13-17)18-14-8-3-9-15-18;1-2-4-13(5-3-1)6-16-8-14-7-15(9-16)11-17(10-14)12-16;;/h1-14H;1-5H,6-12H2;;1H/q-1;2*+1;. The zero-order valence-electron chi connectivity index (χ0n) is 21.8. The first-order chi connectivity index (χ1) is 18.1. The molecule has 8 heteroatoms. The molecule has 4 aromatic rings. The van der Waals surface area contributed by atoms with Crippen LogP contribution in [-0.4, -0.2) is 53.1 Å². The summed E-state index contributed by atoms with van der Waals surface area (Å²) in [6, 6.07) is 41.3. The van der Waals surface area contributed by atoms with Gasteiger partial charge in [0.1, 0.15) is 32.5 Å². The predicted octanol–water partition coefficient (Wildman–Crippen LogP) is 1.85. The molecule has 3 nitrogen and oxygen atoms in total. The van der Waals surface area contributed by atoms with E-state index in [1.165, 1.54) is 66.1 Å². The fourth-order valence-corrected chi connectivity index (χ4v) is 13.1. The van der Waals surface area contributed by atoms with Gasteiger partial charge >= 0.3 is 22.4 Å². The second-order valence-corrected chi connectivity index (χ2v) is 17.3. The van der Waals surface area contributed by atoms with Crippen LogP contribution in [0.5, 0.6) is 0 Å². The Morgan fingerprint density at radius 1 is 0.744 bits per heavy atom. The third-order valence-electron chi connectivity index (χ3n) is 7.49. The van der Waals surface area contributed by atoms with Crippen LogP contribution in [0.15, 0.2) is 115 Å². The van der Waals surface area contributed by atoms with E-state index in [1.807, 2.05) is 30.3 Å². The molecule has 0 radical (unpaired) electrons. The van der Waals surface area contributed by atoms with Crippen LogP contribution >= 0.6 is 14.0 Å². The van der Waals surface area contributed by atoms with Crippen molar-refractivity contribution in [2.24, 2.45) is 0 Å². The molecular formula is C31H34AuBrN3P2S+. The van der Waals surface area contributed by atoms with Crippen LogP contribution in [0.3, 0.4) is 0 Å². The Kier molecular flexibility index (Phi) is 11.0. The second kappa shape index (κ2) is 13.8. The average Bonchev–Trinajstić information content (AvgIpc) is 2.94. The predicted molar refractivity (Wildman–Crippen MR) is 163 cm³/mol. The Hall–Kier alpha value is -0.940. The summed E-state index contributed by atoms with van der Waals surface area (Å²) < 4.78 is 1.32. The Morgan fingerprint density at radius 3 is 1.74 bits per heavy atom. The molecular weight excluding hydrogens is 785 g/mol. The quantitative estimate of drug-likeness (QED) is 0.132. The summed E-state index contributed by atoms with van der Waals surface area (Å²) in [7, 11) is -0.101. The van der Waals surface area contributed by atoms with Gasteiger partial charge in [-0.05, 0) is 10.6 Å². The molecule has 0 spiro atoms. The molecule has 206 valence electrons. The van der Waals surface area contributed by atoms with Crippen LogP contribution in [0.4, 0.5) is 0 Å². The summed E-state index contributed by atoms with van der Waals surface area (Å²) in [6.45, 7) is 5.06. The summed E-state index contributed by atoms with van der Waals surface area (Å²) in [5.74, 6) is 0. The molecule has 0 amide bonds. The van der Waals surface area contributed by atoms with Crippen molar-refractivity contribution in [2.45, 2.75) is 6.54 Å². The van der Waals surface area contributed by atoms with Crippen molar-refractivity contribution in [1.29, 1.82) is 0 Å². The molecule has 4 aromatic carbocycles. The van der Waals surface area contributed by atoms with Gasteiger partial charge in [-0.2, -0.15) is 30.3 Å². The molecule has 0 saturated carbocycles. The van der Waals surface area contributed by atoms with Crippen LogP contribution in [0.2, 0.25) is 0 Å². The number of halogens is 1. The molecule has 0 N–H and O–H groups in total. The number of nitrogens with zero attached hydrogens (tertiary/aromatic N) is 3. The largest absolute Gasteiger partial charge is 1.00 e. The fraction of sp³-hybridized carbons (Fsp3) is 0.226. The molecule has 4 aliphatic rings. The third kappa shape index (κ3) is 6.93. The van der Waals surface area contributed by atoms with E-state index in [1.54, 1.807) is 0 Å². The van der Waals surface area contributed by atoms with E-state index < -0.39 is 6.04 Å². The van der Waals surface area contributed by atoms with Crippen LogP contribution in [0.25, 0.3) is 0 Å². The van der Waals surface area contributed by atoms with E-state index in [0.717, 1.165) is 5.30 Å². The summed E-state index contributed by atoms with van der Waals surface area (Å²) in [5, 5.41) is 3.54. The maximum absolute atomic E-state index is 6.18. The molecule has 4 fully saturated rings. The minimum Gasteiger partial charge on any atom is -1.00 e. The maximum Gasteiger partial charge on any atom is 1.00 e. The zero-order valence-corrected chi connectivity index (χ0v) is 28.3. The van der Waals surface area contributed by atoms with Crippen molar-refractivity contribution in [3.63, 3.8) is 0 Å². The molecule has 2 atom stereocenters. The van der Waals surface area contributed by atoms with Crippen molar-refractivity contribution in [3.05, 3.63) is 127 Å². The molecule has 4 saturated heterocycles. The average molecular weight is 820 g/mol. The van der Waals surface area contributed by atoms with Crippen molar-refractivity contribution in [2.75, 3.05) is 38.9 Å². The van der Waals surface area contributed by atoms with Gasteiger partial charge in [-0.1, -0.05) is 103 Å². The van der Waals surface area contributed by atoms with Crippen molar-refractivity contribution >= 4 is 41.7 Å². The van der Waals surface area contributed by atoms with E-state index in [-0.39, 0.29) is 47.3 Å². The van der Waals surface area contributed by atoms with Gasteiger partial charge in [-0.25, -0.2) is 9.80 Å². The van der Waals surface area contributed by atoms with Crippen LogP contribution in [0.1, 0.15) is 5.56 Å².